The lowest BCUT2D eigenvalue weighted by atomic mass is 10.2. The molecular formula is C13H11N3O3. The maximum absolute atomic E-state index is 10.8. The minimum atomic E-state index is -0.504. The molecule has 0 heterocycles. The standard InChI is InChI=1S/C13H11N3O3/c1-9-8-10(6-7-13(9)17)14-15-11-4-2-3-5-12(11)16(18)19/h2-8,17H,1H3. The van der Waals surface area contributed by atoms with E-state index in [0.717, 1.165) is 0 Å². The molecule has 0 atom stereocenters. The van der Waals surface area contributed by atoms with Crippen molar-refractivity contribution >= 4 is 17.1 Å². The number of hydrogen-bond donors (Lipinski definition) is 1. The van der Waals surface area contributed by atoms with E-state index in [2.05, 4.69) is 10.2 Å². The second kappa shape index (κ2) is 5.26. The Labute approximate surface area is 109 Å². The Kier molecular flexibility index (Phi) is 3.51. The summed E-state index contributed by atoms with van der Waals surface area (Å²) in [5, 5.41) is 28.0. The van der Waals surface area contributed by atoms with Crippen molar-refractivity contribution in [3.8, 4) is 5.75 Å². The van der Waals surface area contributed by atoms with Crippen molar-refractivity contribution in [2.75, 3.05) is 0 Å². The first-order chi connectivity index (χ1) is 9.08. The van der Waals surface area contributed by atoms with Crippen molar-refractivity contribution in [3.05, 3.63) is 58.1 Å². The number of nitrogens with zero attached hydrogens (tertiary/aromatic N) is 3. The third-order valence-corrected chi connectivity index (χ3v) is 2.53. The number of benzene rings is 2. The topological polar surface area (TPSA) is 88.1 Å². The zero-order valence-electron chi connectivity index (χ0n) is 10.1. The predicted octanol–water partition coefficient (Wildman–Crippen LogP) is 4.02. The highest BCUT2D eigenvalue weighted by Gasteiger charge is 2.11. The van der Waals surface area contributed by atoms with E-state index >= 15 is 0 Å². The van der Waals surface area contributed by atoms with Gasteiger partial charge in [0, 0.05) is 6.07 Å². The van der Waals surface area contributed by atoms with Crippen LogP contribution in [0.15, 0.2) is 52.7 Å². The van der Waals surface area contributed by atoms with Crippen LogP contribution in [0.2, 0.25) is 0 Å². The Hall–Kier alpha value is -2.76. The number of phenols is 1. The Balaban J connectivity index is 2.32. The van der Waals surface area contributed by atoms with Crippen LogP contribution in [0.3, 0.4) is 0 Å². The van der Waals surface area contributed by atoms with E-state index in [9.17, 15) is 15.2 Å². The molecule has 0 aliphatic carbocycles. The Morgan fingerprint density at radius 2 is 1.89 bits per heavy atom. The van der Waals surface area contributed by atoms with Crippen molar-refractivity contribution in [1.29, 1.82) is 0 Å². The molecule has 0 unspecified atom stereocenters. The van der Waals surface area contributed by atoms with Crippen LogP contribution in [0.1, 0.15) is 5.56 Å². The number of aromatic hydroxyl groups is 1. The van der Waals surface area contributed by atoms with E-state index in [-0.39, 0.29) is 17.1 Å². The van der Waals surface area contributed by atoms with Gasteiger partial charge in [-0.15, -0.1) is 5.11 Å². The number of aryl methyl sites for hydroxylation is 1. The Morgan fingerprint density at radius 1 is 1.16 bits per heavy atom. The molecule has 6 nitrogen and oxygen atoms in total. The molecule has 2 aromatic rings. The highest BCUT2D eigenvalue weighted by molar-refractivity contribution is 5.56. The number of rotatable bonds is 3. The number of hydrogen-bond acceptors (Lipinski definition) is 5. The van der Waals surface area contributed by atoms with Gasteiger partial charge in [-0.1, -0.05) is 12.1 Å². The van der Waals surface area contributed by atoms with Crippen LogP contribution >= 0.6 is 0 Å². The van der Waals surface area contributed by atoms with Crippen LogP contribution < -0.4 is 0 Å². The molecular weight excluding hydrogens is 246 g/mol. The SMILES string of the molecule is Cc1cc(N=Nc2ccccc2[N+](=O)[O-])ccc1O. The Morgan fingerprint density at radius 3 is 2.58 bits per heavy atom. The number of nitro benzene ring substituents is 1. The average Bonchev–Trinajstić information content (AvgIpc) is 2.40. The fourth-order valence-electron chi connectivity index (χ4n) is 1.52. The third kappa shape index (κ3) is 2.92. The molecule has 0 bridgehead atoms. The van der Waals surface area contributed by atoms with Gasteiger partial charge in [-0.3, -0.25) is 10.1 Å². The maximum atomic E-state index is 10.8. The zero-order valence-corrected chi connectivity index (χ0v) is 10.1. The van der Waals surface area contributed by atoms with E-state index in [1.807, 2.05) is 0 Å². The molecule has 0 amide bonds. The highest BCUT2D eigenvalue weighted by Crippen LogP contribution is 2.29. The van der Waals surface area contributed by atoms with Crippen molar-refractivity contribution in [3.63, 3.8) is 0 Å². The molecule has 6 heteroatoms. The van der Waals surface area contributed by atoms with Crippen LogP contribution in [-0.4, -0.2) is 10.0 Å². The van der Waals surface area contributed by atoms with Crippen molar-refractivity contribution in [2.24, 2.45) is 10.2 Å². The molecule has 0 spiro atoms. The maximum Gasteiger partial charge on any atom is 0.296 e. The summed E-state index contributed by atoms with van der Waals surface area (Å²) in [6.07, 6.45) is 0. The van der Waals surface area contributed by atoms with Gasteiger partial charge in [-0.05, 0) is 36.8 Å². The van der Waals surface area contributed by atoms with Gasteiger partial charge < -0.3 is 5.11 Å². The first kappa shape index (κ1) is 12.7. The second-order valence-corrected chi connectivity index (χ2v) is 3.92. The summed E-state index contributed by atoms with van der Waals surface area (Å²) >= 11 is 0. The summed E-state index contributed by atoms with van der Waals surface area (Å²) in [5.41, 5.74) is 1.28. The highest BCUT2D eigenvalue weighted by atomic mass is 16.6. The van der Waals surface area contributed by atoms with Crippen molar-refractivity contribution in [1.82, 2.24) is 0 Å². The molecule has 0 aliphatic heterocycles. The molecule has 2 rings (SSSR count). The fraction of sp³-hybridized carbons (Fsp3) is 0.0769. The molecule has 0 saturated carbocycles. The normalized spacial score (nSPS) is 10.8. The van der Waals surface area contributed by atoms with E-state index in [0.29, 0.717) is 11.3 Å². The number of azo groups is 1. The van der Waals surface area contributed by atoms with Gasteiger partial charge in [0.2, 0.25) is 0 Å². The van der Waals surface area contributed by atoms with Crippen LogP contribution in [0.25, 0.3) is 0 Å². The first-order valence-electron chi connectivity index (χ1n) is 5.52. The zero-order chi connectivity index (χ0) is 13.8. The summed E-state index contributed by atoms with van der Waals surface area (Å²) in [6.45, 7) is 1.74. The predicted molar refractivity (Wildman–Crippen MR) is 70.1 cm³/mol. The molecule has 0 radical (unpaired) electrons. The van der Waals surface area contributed by atoms with Gasteiger partial charge in [-0.25, -0.2) is 0 Å². The number of para-hydroxylation sites is 1. The van der Waals surface area contributed by atoms with Gasteiger partial charge in [0.05, 0.1) is 10.6 Å². The summed E-state index contributed by atoms with van der Waals surface area (Å²) in [5.74, 6) is 0.171. The van der Waals surface area contributed by atoms with Gasteiger partial charge in [0.15, 0.2) is 5.69 Å². The first-order valence-corrected chi connectivity index (χ1v) is 5.52. The van der Waals surface area contributed by atoms with E-state index < -0.39 is 4.92 Å². The minimum Gasteiger partial charge on any atom is -0.508 e. The third-order valence-electron chi connectivity index (χ3n) is 2.53. The van der Waals surface area contributed by atoms with Gasteiger partial charge >= 0.3 is 0 Å². The fourth-order valence-corrected chi connectivity index (χ4v) is 1.52. The molecule has 0 fully saturated rings. The molecule has 2 aromatic carbocycles. The lowest BCUT2D eigenvalue weighted by Crippen LogP contribution is -1.86. The minimum absolute atomic E-state index is 0.0956. The molecule has 96 valence electrons. The molecule has 1 N–H and O–H groups in total. The van der Waals surface area contributed by atoms with Crippen LogP contribution in [0, 0.1) is 17.0 Å². The summed E-state index contributed by atoms with van der Waals surface area (Å²) in [4.78, 5) is 10.3. The molecule has 0 aliphatic rings. The largest absolute Gasteiger partial charge is 0.508 e. The van der Waals surface area contributed by atoms with E-state index in [4.69, 9.17) is 0 Å². The summed E-state index contributed by atoms with van der Waals surface area (Å²) in [7, 11) is 0. The average molecular weight is 257 g/mol. The summed E-state index contributed by atoms with van der Waals surface area (Å²) < 4.78 is 0. The molecule has 0 saturated heterocycles. The number of nitro groups is 1. The Bertz CT molecular complexity index is 653. The van der Waals surface area contributed by atoms with Crippen molar-refractivity contribution < 1.29 is 10.0 Å². The summed E-state index contributed by atoms with van der Waals surface area (Å²) in [6, 6.07) is 10.9. The second-order valence-electron chi connectivity index (χ2n) is 3.92. The van der Waals surface area contributed by atoms with E-state index in [1.165, 1.54) is 18.2 Å². The monoisotopic (exact) mass is 257 g/mol. The van der Waals surface area contributed by atoms with Gasteiger partial charge in [0.1, 0.15) is 5.75 Å². The quantitative estimate of drug-likeness (QED) is 0.511. The van der Waals surface area contributed by atoms with Crippen LogP contribution in [-0.2, 0) is 0 Å². The van der Waals surface area contributed by atoms with E-state index in [1.54, 1.807) is 31.2 Å². The van der Waals surface area contributed by atoms with Crippen LogP contribution in [0.5, 0.6) is 5.75 Å². The smallest absolute Gasteiger partial charge is 0.296 e. The van der Waals surface area contributed by atoms with Crippen LogP contribution in [0.4, 0.5) is 17.1 Å². The lowest BCUT2D eigenvalue weighted by molar-refractivity contribution is -0.384. The number of phenolic OH excluding ortho intramolecular Hbond substituents is 1. The van der Waals surface area contributed by atoms with Gasteiger partial charge in [-0.2, -0.15) is 5.11 Å². The molecule has 0 aromatic heterocycles. The van der Waals surface area contributed by atoms with Gasteiger partial charge in [0.25, 0.3) is 5.69 Å². The molecule has 19 heavy (non-hydrogen) atoms. The lowest BCUT2D eigenvalue weighted by Gasteiger charge is -1.99. The van der Waals surface area contributed by atoms with Crippen molar-refractivity contribution in [2.45, 2.75) is 6.92 Å².